The van der Waals surface area contributed by atoms with Gasteiger partial charge in [-0.05, 0) is 38.5 Å². The molecule has 0 aromatic rings. The monoisotopic (exact) mass is 170 g/mol. The Bertz CT molecular complexity index is 105. The van der Waals surface area contributed by atoms with Crippen molar-refractivity contribution in [3.8, 4) is 0 Å². The number of rotatable bonds is 2. The van der Waals surface area contributed by atoms with E-state index in [1.165, 1.54) is 25.9 Å². The molecule has 1 fully saturated rings. The molecule has 1 heterocycles. The van der Waals surface area contributed by atoms with Gasteiger partial charge in [0.25, 0.3) is 0 Å². The van der Waals surface area contributed by atoms with E-state index in [-0.39, 0.29) is 0 Å². The average molecular weight is 170 g/mol. The Morgan fingerprint density at radius 2 is 1.50 bits per heavy atom. The molecule has 0 amide bonds. The van der Waals surface area contributed by atoms with Crippen molar-refractivity contribution in [3.05, 3.63) is 0 Å². The first kappa shape index (κ1) is 10.0. The minimum atomic E-state index is 0.832. The minimum Gasteiger partial charge on any atom is -0.333 e. The molecule has 0 atom stereocenters. The fourth-order valence-electron chi connectivity index (χ4n) is 2.25. The molecule has 1 N–H and O–H groups in total. The molecular formula is C11H24N+. The topological polar surface area (TPSA) is 4.44 Å². The van der Waals surface area contributed by atoms with Crippen molar-refractivity contribution in [3.63, 3.8) is 0 Å². The largest absolute Gasteiger partial charge is 0.333 e. The molecule has 72 valence electrons. The number of nitrogens with one attached hydrogen (secondary N) is 1. The Kier molecular flexibility index (Phi) is 3.57. The lowest BCUT2D eigenvalue weighted by Gasteiger charge is -2.33. The van der Waals surface area contributed by atoms with Crippen LogP contribution < -0.4 is 4.90 Å². The van der Waals surface area contributed by atoms with E-state index in [4.69, 9.17) is 0 Å². The Morgan fingerprint density at radius 3 is 1.83 bits per heavy atom. The van der Waals surface area contributed by atoms with Crippen LogP contribution in [0, 0.1) is 11.8 Å². The van der Waals surface area contributed by atoms with Crippen LogP contribution in [0.15, 0.2) is 0 Å². The molecule has 1 nitrogen and oxygen atoms in total. The molecule has 0 radical (unpaired) electrons. The summed E-state index contributed by atoms with van der Waals surface area (Å²) in [4.78, 5) is 1.81. The lowest BCUT2D eigenvalue weighted by atomic mass is 9.86. The highest BCUT2D eigenvalue weighted by Crippen LogP contribution is 2.19. The molecule has 0 aromatic heterocycles. The van der Waals surface area contributed by atoms with Crippen molar-refractivity contribution in [2.24, 2.45) is 11.8 Å². The fraction of sp³-hybridized carbons (Fsp3) is 1.00. The number of likely N-dealkylation sites (tertiary alicyclic amines) is 1. The Balaban J connectivity index is 2.30. The van der Waals surface area contributed by atoms with Crippen LogP contribution in [-0.4, -0.2) is 19.1 Å². The SMILES string of the molecule is CC(C)C1CC[NH+](C(C)C)CC1. The van der Waals surface area contributed by atoms with Crippen LogP contribution in [0.4, 0.5) is 0 Å². The van der Waals surface area contributed by atoms with E-state index in [9.17, 15) is 0 Å². The van der Waals surface area contributed by atoms with Crippen LogP contribution in [0.25, 0.3) is 0 Å². The summed E-state index contributed by atoms with van der Waals surface area (Å²) in [6.45, 7) is 12.2. The Labute approximate surface area is 77.1 Å². The number of quaternary nitrogens is 1. The summed E-state index contributed by atoms with van der Waals surface area (Å²) >= 11 is 0. The van der Waals surface area contributed by atoms with Crippen molar-refractivity contribution in [1.82, 2.24) is 0 Å². The van der Waals surface area contributed by atoms with Gasteiger partial charge in [-0.1, -0.05) is 13.8 Å². The van der Waals surface area contributed by atoms with E-state index in [0.29, 0.717) is 0 Å². The third kappa shape index (κ3) is 2.48. The van der Waals surface area contributed by atoms with Crippen LogP contribution >= 0.6 is 0 Å². The predicted octanol–water partition coefficient (Wildman–Crippen LogP) is 1.35. The van der Waals surface area contributed by atoms with Gasteiger partial charge in [-0.25, -0.2) is 0 Å². The molecular weight excluding hydrogens is 146 g/mol. The van der Waals surface area contributed by atoms with E-state index in [1.807, 2.05) is 4.90 Å². The van der Waals surface area contributed by atoms with Crippen LogP contribution in [-0.2, 0) is 0 Å². The average Bonchev–Trinajstić information content (AvgIpc) is 2.04. The molecule has 0 unspecified atom stereocenters. The van der Waals surface area contributed by atoms with E-state index < -0.39 is 0 Å². The van der Waals surface area contributed by atoms with Crippen LogP contribution in [0.1, 0.15) is 40.5 Å². The molecule has 1 saturated heterocycles. The molecule has 0 bridgehead atoms. The van der Waals surface area contributed by atoms with Gasteiger partial charge in [0.05, 0.1) is 19.1 Å². The van der Waals surface area contributed by atoms with Crippen molar-refractivity contribution in [2.45, 2.75) is 46.6 Å². The summed E-state index contributed by atoms with van der Waals surface area (Å²) in [6.07, 6.45) is 2.90. The second-order valence-corrected chi connectivity index (χ2v) is 4.89. The first-order valence-corrected chi connectivity index (χ1v) is 5.46. The number of hydrogen-bond acceptors (Lipinski definition) is 0. The lowest BCUT2D eigenvalue weighted by molar-refractivity contribution is -0.927. The molecule has 1 aliphatic heterocycles. The maximum Gasteiger partial charge on any atom is 0.0817 e. The van der Waals surface area contributed by atoms with Crippen LogP contribution in [0.5, 0.6) is 0 Å². The third-order valence-corrected chi connectivity index (χ3v) is 3.43. The fourth-order valence-corrected chi connectivity index (χ4v) is 2.25. The summed E-state index contributed by atoms with van der Waals surface area (Å²) in [5, 5.41) is 0. The third-order valence-electron chi connectivity index (χ3n) is 3.43. The summed E-state index contributed by atoms with van der Waals surface area (Å²) in [7, 11) is 0. The molecule has 1 rings (SSSR count). The molecule has 0 spiro atoms. The minimum absolute atomic E-state index is 0.832. The quantitative estimate of drug-likeness (QED) is 0.638. The van der Waals surface area contributed by atoms with Crippen molar-refractivity contribution < 1.29 is 4.90 Å². The summed E-state index contributed by atoms with van der Waals surface area (Å²) in [6, 6.07) is 0.832. The number of piperidine rings is 1. The van der Waals surface area contributed by atoms with Gasteiger partial charge in [-0.2, -0.15) is 0 Å². The molecule has 1 aliphatic rings. The smallest absolute Gasteiger partial charge is 0.0817 e. The molecule has 0 aromatic carbocycles. The maximum atomic E-state index is 2.37. The van der Waals surface area contributed by atoms with Gasteiger partial charge in [0.15, 0.2) is 0 Å². The molecule has 0 saturated carbocycles. The van der Waals surface area contributed by atoms with Crippen LogP contribution in [0.2, 0.25) is 0 Å². The zero-order valence-corrected chi connectivity index (χ0v) is 9.06. The first-order valence-electron chi connectivity index (χ1n) is 5.46. The van der Waals surface area contributed by atoms with Crippen molar-refractivity contribution >= 4 is 0 Å². The molecule has 12 heavy (non-hydrogen) atoms. The molecule has 0 aliphatic carbocycles. The van der Waals surface area contributed by atoms with E-state index in [0.717, 1.165) is 17.9 Å². The van der Waals surface area contributed by atoms with E-state index in [1.54, 1.807) is 0 Å². The highest BCUT2D eigenvalue weighted by molar-refractivity contribution is 4.65. The highest BCUT2D eigenvalue weighted by Gasteiger charge is 2.25. The maximum absolute atomic E-state index is 2.37. The molecule has 1 heteroatoms. The summed E-state index contributed by atoms with van der Waals surface area (Å²) < 4.78 is 0. The van der Waals surface area contributed by atoms with Gasteiger partial charge in [0, 0.05) is 0 Å². The van der Waals surface area contributed by atoms with Gasteiger partial charge in [0.2, 0.25) is 0 Å². The zero-order chi connectivity index (χ0) is 9.14. The van der Waals surface area contributed by atoms with E-state index in [2.05, 4.69) is 27.7 Å². The van der Waals surface area contributed by atoms with Gasteiger partial charge in [-0.15, -0.1) is 0 Å². The lowest BCUT2D eigenvalue weighted by Crippen LogP contribution is -3.16. The van der Waals surface area contributed by atoms with Crippen molar-refractivity contribution in [2.75, 3.05) is 13.1 Å². The second kappa shape index (κ2) is 4.27. The van der Waals surface area contributed by atoms with Gasteiger partial charge in [0.1, 0.15) is 0 Å². The second-order valence-electron chi connectivity index (χ2n) is 4.89. The van der Waals surface area contributed by atoms with Gasteiger partial charge >= 0.3 is 0 Å². The predicted molar refractivity (Wildman–Crippen MR) is 53.4 cm³/mol. The summed E-state index contributed by atoms with van der Waals surface area (Å²) in [5.74, 6) is 1.91. The van der Waals surface area contributed by atoms with Gasteiger partial charge in [-0.3, -0.25) is 0 Å². The first-order chi connectivity index (χ1) is 5.61. The van der Waals surface area contributed by atoms with Crippen LogP contribution in [0.3, 0.4) is 0 Å². The number of hydrogen-bond donors (Lipinski definition) is 1. The Morgan fingerprint density at radius 1 is 1.00 bits per heavy atom. The Hall–Kier alpha value is -0.0400. The normalized spacial score (nSPS) is 31.5. The summed E-state index contributed by atoms with van der Waals surface area (Å²) in [5.41, 5.74) is 0. The van der Waals surface area contributed by atoms with Gasteiger partial charge < -0.3 is 4.90 Å². The van der Waals surface area contributed by atoms with Crippen molar-refractivity contribution in [1.29, 1.82) is 0 Å². The van der Waals surface area contributed by atoms with E-state index >= 15 is 0 Å². The zero-order valence-electron chi connectivity index (χ0n) is 9.06. The highest BCUT2D eigenvalue weighted by atomic mass is 15.1. The standard InChI is InChI=1S/C11H23N/c1-9(2)11-5-7-12(8-6-11)10(3)4/h9-11H,5-8H2,1-4H3/p+1.